The van der Waals surface area contributed by atoms with Gasteiger partial charge in [-0.05, 0) is 18.9 Å². The second-order valence-corrected chi connectivity index (χ2v) is 9.30. The van der Waals surface area contributed by atoms with E-state index >= 15 is 0 Å². The number of hydrogen-bond acceptors (Lipinski definition) is 5. The van der Waals surface area contributed by atoms with Crippen molar-refractivity contribution in [2.45, 2.75) is 36.6 Å². The van der Waals surface area contributed by atoms with E-state index in [9.17, 15) is 22.0 Å². The third-order valence-corrected chi connectivity index (χ3v) is 7.10. The number of carbonyl (C=O) groups is 1. The molecule has 29 heavy (non-hydrogen) atoms. The maximum atomic E-state index is 13.0. The zero-order valence-corrected chi connectivity index (χ0v) is 16.7. The smallest absolute Gasteiger partial charge is 0.282 e. The number of nitrogens with zero attached hydrogens (tertiary/aromatic N) is 6. The van der Waals surface area contributed by atoms with Gasteiger partial charge in [0.25, 0.3) is 6.43 Å². The van der Waals surface area contributed by atoms with Gasteiger partial charge in [0.15, 0.2) is 0 Å². The second-order valence-electron chi connectivity index (χ2n) is 7.36. The molecule has 2 aliphatic rings. The van der Waals surface area contributed by atoms with Gasteiger partial charge in [-0.15, -0.1) is 0 Å². The Kier molecular flexibility index (Phi) is 5.15. The molecule has 1 amide bonds. The molecule has 2 aromatic rings. The first-order valence-electron chi connectivity index (χ1n) is 9.38. The Bertz CT molecular complexity index is 1010. The van der Waals surface area contributed by atoms with Crippen molar-refractivity contribution in [2.75, 3.05) is 26.2 Å². The van der Waals surface area contributed by atoms with Crippen LogP contribution in [0.1, 0.15) is 36.6 Å². The quantitative estimate of drug-likeness (QED) is 0.683. The van der Waals surface area contributed by atoms with Crippen LogP contribution in [-0.2, 0) is 28.4 Å². The molecule has 0 radical (unpaired) electrons. The maximum absolute atomic E-state index is 13.0. The van der Waals surface area contributed by atoms with E-state index in [1.807, 2.05) is 0 Å². The third-order valence-electron chi connectivity index (χ3n) is 5.24. The lowest BCUT2D eigenvalue weighted by Gasteiger charge is -2.33. The summed E-state index contributed by atoms with van der Waals surface area (Å²) in [5, 5.41) is 7.80. The van der Waals surface area contributed by atoms with Gasteiger partial charge in [0.1, 0.15) is 17.1 Å². The van der Waals surface area contributed by atoms with Gasteiger partial charge in [-0.2, -0.15) is 14.5 Å². The van der Waals surface area contributed by atoms with Crippen LogP contribution in [0.3, 0.4) is 0 Å². The van der Waals surface area contributed by atoms with Gasteiger partial charge in [-0.25, -0.2) is 17.2 Å². The van der Waals surface area contributed by atoms with Crippen molar-refractivity contribution in [3.05, 3.63) is 29.8 Å². The largest absolute Gasteiger partial charge is 0.338 e. The number of amides is 1. The molecule has 3 heterocycles. The van der Waals surface area contributed by atoms with Crippen molar-refractivity contribution < 1.29 is 22.0 Å². The van der Waals surface area contributed by atoms with Gasteiger partial charge in [-0.3, -0.25) is 14.2 Å². The van der Waals surface area contributed by atoms with Crippen LogP contribution in [0.2, 0.25) is 0 Å². The summed E-state index contributed by atoms with van der Waals surface area (Å²) in [4.78, 5) is 14.3. The van der Waals surface area contributed by atoms with E-state index < -0.39 is 16.4 Å². The number of sulfonamides is 1. The molecule has 2 fully saturated rings. The molecule has 1 aliphatic heterocycles. The average Bonchev–Trinajstić information content (AvgIpc) is 3.29. The van der Waals surface area contributed by atoms with E-state index in [0.29, 0.717) is 5.69 Å². The first-order chi connectivity index (χ1) is 13.8. The van der Waals surface area contributed by atoms with Gasteiger partial charge in [0.2, 0.25) is 15.9 Å². The molecule has 0 spiro atoms. The number of piperazine rings is 1. The first kappa shape index (κ1) is 20.0. The molecule has 12 heteroatoms. The summed E-state index contributed by atoms with van der Waals surface area (Å²) >= 11 is 0. The summed E-state index contributed by atoms with van der Waals surface area (Å²) < 4.78 is 55.4. The van der Waals surface area contributed by atoms with Crippen molar-refractivity contribution in [3.63, 3.8) is 0 Å². The number of halogens is 2. The molecular weight excluding hydrogens is 406 g/mol. The van der Waals surface area contributed by atoms with Crippen LogP contribution in [0.15, 0.2) is 23.4 Å². The molecule has 1 saturated carbocycles. The molecule has 0 aromatic carbocycles. The molecule has 1 saturated heterocycles. The van der Waals surface area contributed by atoms with Crippen LogP contribution in [0.25, 0.3) is 0 Å². The minimum Gasteiger partial charge on any atom is -0.338 e. The predicted octanol–water partition coefficient (Wildman–Crippen LogP) is 0.965. The molecule has 0 atom stereocenters. The summed E-state index contributed by atoms with van der Waals surface area (Å²) in [6.07, 6.45) is 1.88. The summed E-state index contributed by atoms with van der Waals surface area (Å²) in [6.45, 7) is 0.688. The minimum absolute atomic E-state index is 0.116. The lowest BCUT2D eigenvalue weighted by atomic mass is 10.2. The first-order valence-corrected chi connectivity index (χ1v) is 10.8. The van der Waals surface area contributed by atoms with Gasteiger partial charge in [0.05, 0.1) is 6.20 Å². The number of carbonyl (C=O) groups excluding carboxylic acids is 1. The van der Waals surface area contributed by atoms with Crippen LogP contribution in [0.5, 0.6) is 0 Å². The van der Waals surface area contributed by atoms with Gasteiger partial charge >= 0.3 is 0 Å². The average molecular weight is 428 g/mol. The van der Waals surface area contributed by atoms with E-state index in [4.69, 9.17) is 0 Å². The number of hydrogen-bond donors (Lipinski definition) is 0. The van der Waals surface area contributed by atoms with Crippen molar-refractivity contribution in [2.24, 2.45) is 7.05 Å². The zero-order valence-electron chi connectivity index (χ0n) is 15.9. The molecule has 2 aromatic heterocycles. The summed E-state index contributed by atoms with van der Waals surface area (Å²) in [7, 11) is -2.01. The van der Waals surface area contributed by atoms with Crippen LogP contribution in [-0.4, -0.2) is 69.3 Å². The monoisotopic (exact) mass is 428 g/mol. The molecule has 0 unspecified atom stereocenters. The lowest BCUT2D eigenvalue weighted by molar-refractivity contribution is -0.133. The molecular formula is C17H22F2N6O3S. The Hall–Kier alpha value is -2.34. The Morgan fingerprint density at radius 3 is 2.48 bits per heavy atom. The summed E-state index contributed by atoms with van der Waals surface area (Å²) in [5.41, 5.74) is 0.360. The van der Waals surface area contributed by atoms with Crippen LogP contribution < -0.4 is 0 Å². The highest BCUT2D eigenvalue weighted by Gasteiger charge is 2.33. The topological polar surface area (TPSA) is 93.3 Å². The van der Waals surface area contributed by atoms with Gasteiger partial charge in [0, 0.05) is 51.0 Å². The Morgan fingerprint density at radius 2 is 1.93 bits per heavy atom. The normalized spacial score (nSPS) is 18.6. The highest BCUT2D eigenvalue weighted by atomic mass is 32.2. The molecule has 0 bridgehead atoms. The highest BCUT2D eigenvalue weighted by Crippen LogP contribution is 2.41. The maximum Gasteiger partial charge on any atom is 0.282 e. The van der Waals surface area contributed by atoms with Crippen molar-refractivity contribution in [3.8, 4) is 0 Å². The fraction of sp³-hybridized carbons (Fsp3) is 0.588. The standard InChI is InChI=1S/C17H22F2N6O3S/c1-22-10-13(9-20-22)29(27,28)24-6-4-23(5-7-24)16(26)11-25-15(12-2-3-12)8-14(21-25)17(18)19/h8-10,12,17H,2-7,11H2,1H3. The fourth-order valence-electron chi connectivity index (χ4n) is 3.48. The number of aryl methyl sites for hydroxylation is 1. The van der Waals surface area contributed by atoms with Crippen LogP contribution >= 0.6 is 0 Å². The van der Waals surface area contributed by atoms with E-state index in [-0.39, 0.29) is 55.1 Å². The number of rotatable bonds is 6. The molecule has 9 nitrogen and oxygen atoms in total. The van der Waals surface area contributed by atoms with Crippen molar-refractivity contribution in [1.82, 2.24) is 28.8 Å². The lowest BCUT2D eigenvalue weighted by Crippen LogP contribution is -2.51. The zero-order chi connectivity index (χ0) is 20.8. The molecule has 0 N–H and O–H groups in total. The van der Waals surface area contributed by atoms with Crippen LogP contribution in [0.4, 0.5) is 8.78 Å². The van der Waals surface area contributed by atoms with Crippen molar-refractivity contribution in [1.29, 1.82) is 0 Å². The summed E-state index contributed by atoms with van der Waals surface area (Å²) in [6, 6.07) is 1.38. The Morgan fingerprint density at radius 1 is 1.24 bits per heavy atom. The highest BCUT2D eigenvalue weighted by molar-refractivity contribution is 7.89. The molecule has 4 rings (SSSR count). The predicted molar refractivity (Wildman–Crippen MR) is 97.7 cm³/mol. The van der Waals surface area contributed by atoms with Crippen molar-refractivity contribution >= 4 is 15.9 Å². The number of aromatic nitrogens is 4. The van der Waals surface area contributed by atoms with Crippen LogP contribution in [0, 0.1) is 0 Å². The van der Waals surface area contributed by atoms with E-state index in [0.717, 1.165) is 12.8 Å². The fourth-order valence-corrected chi connectivity index (χ4v) is 4.89. The molecule has 1 aliphatic carbocycles. The minimum atomic E-state index is -3.65. The molecule has 158 valence electrons. The van der Waals surface area contributed by atoms with Gasteiger partial charge in [-0.1, -0.05) is 0 Å². The Labute approximate surface area is 166 Å². The third kappa shape index (κ3) is 4.04. The number of alkyl halides is 2. The van der Waals surface area contributed by atoms with E-state index in [1.54, 1.807) is 11.9 Å². The van der Waals surface area contributed by atoms with E-state index in [2.05, 4.69) is 10.2 Å². The second kappa shape index (κ2) is 7.48. The SMILES string of the molecule is Cn1cc(S(=O)(=O)N2CCN(C(=O)Cn3nc(C(F)F)cc3C3CC3)CC2)cn1. The van der Waals surface area contributed by atoms with E-state index in [1.165, 1.54) is 32.1 Å². The Balaban J connectivity index is 1.40. The summed E-state index contributed by atoms with van der Waals surface area (Å²) in [5.74, 6) is -0.0708. The van der Waals surface area contributed by atoms with Gasteiger partial charge < -0.3 is 4.90 Å².